The molecule has 0 bridgehead atoms. The summed E-state index contributed by atoms with van der Waals surface area (Å²) in [5.41, 5.74) is 5.78. The van der Waals surface area contributed by atoms with E-state index in [1.54, 1.807) is 0 Å². The van der Waals surface area contributed by atoms with Crippen LogP contribution in [0.3, 0.4) is 0 Å². The van der Waals surface area contributed by atoms with Crippen LogP contribution in [0.2, 0.25) is 0 Å². The average Bonchev–Trinajstić information content (AvgIpc) is 3.19. The van der Waals surface area contributed by atoms with Gasteiger partial charge in [0.25, 0.3) is 5.91 Å². The number of amides is 1. The first kappa shape index (κ1) is 21.4. The number of anilines is 2. The quantitative estimate of drug-likeness (QED) is 0.399. The van der Waals surface area contributed by atoms with E-state index in [-0.39, 0.29) is 5.91 Å². The molecule has 1 N–H and O–H groups in total. The van der Waals surface area contributed by atoms with Gasteiger partial charge >= 0.3 is 0 Å². The van der Waals surface area contributed by atoms with Gasteiger partial charge in [0.1, 0.15) is 5.69 Å². The van der Waals surface area contributed by atoms with Crippen molar-refractivity contribution in [3.63, 3.8) is 0 Å². The van der Waals surface area contributed by atoms with Crippen molar-refractivity contribution in [3.05, 3.63) is 96.2 Å². The van der Waals surface area contributed by atoms with Gasteiger partial charge in [0.2, 0.25) is 0 Å². The molecule has 5 heteroatoms. The van der Waals surface area contributed by atoms with E-state index in [0.29, 0.717) is 11.3 Å². The first-order valence-corrected chi connectivity index (χ1v) is 11.0. The summed E-state index contributed by atoms with van der Waals surface area (Å²) in [6.45, 7) is 8.10. The summed E-state index contributed by atoms with van der Waals surface area (Å²) in [5, 5.41) is 7.89. The summed E-state index contributed by atoms with van der Waals surface area (Å²) in [5.74, 6) is -0.167. The Balaban J connectivity index is 1.70. The summed E-state index contributed by atoms with van der Waals surface area (Å²) in [7, 11) is 0. The SMILES string of the molecule is CCN(CC)c1ccc(NC(=O)c2c(-c3ccccc3)nn(-c3ccccc3)c2C)cc1. The predicted molar refractivity (Wildman–Crippen MR) is 132 cm³/mol. The van der Waals surface area contributed by atoms with Gasteiger partial charge in [-0.15, -0.1) is 0 Å². The minimum Gasteiger partial charge on any atom is -0.372 e. The van der Waals surface area contributed by atoms with E-state index in [2.05, 4.69) is 24.1 Å². The summed E-state index contributed by atoms with van der Waals surface area (Å²) in [6.07, 6.45) is 0. The van der Waals surface area contributed by atoms with Gasteiger partial charge in [0.05, 0.1) is 16.9 Å². The molecule has 1 aromatic heterocycles. The fourth-order valence-corrected chi connectivity index (χ4v) is 3.93. The molecule has 0 unspecified atom stereocenters. The van der Waals surface area contributed by atoms with Crippen LogP contribution in [0.4, 0.5) is 11.4 Å². The van der Waals surface area contributed by atoms with Crippen LogP contribution >= 0.6 is 0 Å². The lowest BCUT2D eigenvalue weighted by Gasteiger charge is -2.21. The highest BCUT2D eigenvalue weighted by Crippen LogP contribution is 2.28. The van der Waals surface area contributed by atoms with Crippen LogP contribution in [-0.4, -0.2) is 28.8 Å². The van der Waals surface area contributed by atoms with Crippen molar-refractivity contribution >= 4 is 17.3 Å². The Hall–Kier alpha value is -3.86. The molecule has 0 aliphatic rings. The van der Waals surface area contributed by atoms with Crippen molar-refractivity contribution in [1.82, 2.24) is 9.78 Å². The Bertz CT molecular complexity index is 1180. The van der Waals surface area contributed by atoms with E-state index >= 15 is 0 Å². The number of nitrogens with one attached hydrogen (secondary N) is 1. The summed E-state index contributed by atoms with van der Waals surface area (Å²) in [6, 6.07) is 27.7. The summed E-state index contributed by atoms with van der Waals surface area (Å²) in [4.78, 5) is 15.7. The largest absolute Gasteiger partial charge is 0.372 e. The molecule has 0 fully saturated rings. The van der Waals surface area contributed by atoms with Crippen molar-refractivity contribution in [2.24, 2.45) is 0 Å². The molecule has 0 atom stereocenters. The van der Waals surface area contributed by atoms with Crippen LogP contribution in [0, 0.1) is 6.92 Å². The molecule has 1 amide bonds. The molecule has 4 aromatic rings. The van der Waals surface area contributed by atoms with Gasteiger partial charge in [-0.05, 0) is 57.2 Å². The van der Waals surface area contributed by atoms with E-state index in [0.717, 1.165) is 41.4 Å². The lowest BCUT2D eigenvalue weighted by atomic mass is 10.1. The van der Waals surface area contributed by atoms with E-state index < -0.39 is 0 Å². The van der Waals surface area contributed by atoms with E-state index in [1.807, 2.05) is 96.5 Å². The number of hydrogen-bond donors (Lipinski definition) is 1. The first-order valence-electron chi connectivity index (χ1n) is 11.0. The Kier molecular flexibility index (Phi) is 6.36. The van der Waals surface area contributed by atoms with Crippen molar-refractivity contribution in [2.75, 3.05) is 23.3 Å². The molecule has 0 radical (unpaired) electrons. The smallest absolute Gasteiger partial charge is 0.259 e. The van der Waals surface area contributed by atoms with Crippen LogP contribution in [0.25, 0.3) is 16.9 Å². The van der Waals surface area contributed by atoms with Gasteiger partial charge in [0.15, 0.2) is 0 Å². The molecule has 32 heavy (non-hydrogen) atoms. The molecular weight excluding hydrogens is 396 g/mol. The van der Waals surface area contributed by atoms with Gasteiger partial charge in [-0.3, -0.25) is 4.79 Å². The molecule has 1 heterocycles. The van der Waals surface area contributed by atoms with Crippen LogP contribution in [0.5, 0.6) is 0 Å². The molecule has 0 aliphatic carbocycles. The highest BCUT2D eigenvalue weighted by atomic mass is 16.1. The number of nitrogens with zero attached hydrogens (tertiary/aromatic N) is 3. The lowest BCUT2D eigenvalue weighted by Crippen LogP contribution is -2.21. The standard InChI is InChI=1S/C27H28N4O/c1-4-30(5-2)23-18-16-22(17-19-23)28-27(32)25-20(3)31(24-14-10-7-11-15-24)29-26(25)21-12-8-6-9-13-21/h6-19H,4-5H2,1-3H3,(H,28,32). The number of hydrogen-bond acceptors (Lipinski definition) is 3. The second-order valence-electron chi connectivity index (χ2n) is 7.60. The number of carbonyl (C=O) groups excluding carboxylic acids is 1. The van der Waals surface area contributed by atoms with Gasteiger partial charge < -0.3 is 10.2 Å². The Morgan fingerprint density at radius 3 is 2.06 bits per heavy atom. The fraction of sp³-hybridized carbons (Fsp3) is 0.185. The Labute approximate surface area is 189 Å². The predicted octanol–water partition coefficient (Wildman–Crippen LogP) is 5.95. The highest BCUT2D eigenvalue weighted by Gasteiger charge is 2.23. The normalized spacial score (nSPS) is 10.7. The van der Waals surface area contributed by atoms with Crippen molar-refractivity contribution in [1.29, 1.82) is 0 Å². The third-order valence-electron chi connectivity index (χ3n) is 5.65. The molecule has 5 nitrogen and oxygen atoms in total. The molecule has 0 aliphatic heterocycles. The molecule has 162 valence electrons. The Morgan fingerprint density at radius 2 is 1.47 bits per heavy atom. The highest BCUT2D eigenvalue weighted by molar-refractivity contribution is 6.09. The minimum absolute atomic E-state index is 0.167. The van der Waals surface area contributed by atoms with Crippen molar-refractivity contribution in [3.8, 4) is 16.9 Å². The molecule has 0 saturated carbocycles. The molecule has 4 rings (SSSR count). The average molecular weight is 425 g/mol. The molecule has 0 saturated heterocycles. The maximum atomic E-state index is 13.4. The zero-order valence-corrected chi connectivity index (χ0v) is 18.7. The van der Waals surface area contributed by atoms with E-state index in [9.17, 15) is 4.79 Å². The van der Waals surface area contributed by atoms with Crippen molar-refractivity contribution in [2.45, 2.75) is 20.8 Å². The van der Waals surface area contributed by atoms with Gasteiger partial charge in [-0.1, -0.05) is 48.5 Å². The Morgan fingerprint density at radius 1 is 0.875 bits per heavy atom. The number of benzene rings is 3. The van der Waals surface area contributed by atoms with Crippen LogP contribution in [0.1, 0.15) is 29.9 Å². The molecular formula is C27H28N4O. The van der Waals surface area contributed by atoms with Gasteiger partial charge in [-0.25, -0.2) is 4.68 Å². The number of carbonyl (C=O) groups is 1. The van der Waals surface area contributed by atoms with Crippen LogP contribution < -0.4 is 10.2 Å². The summed E-state index contributed by atoms with van der Waals surface area (Å²) >= 11 is 0. The molecule has 0 spiro atoms. The van der Waals surface area contributed by atoms with E-state index in [4.69, 9.17) is 5.10 Å². The maximum absolute atomic E-state index is 13.4. The second-order valence-corrected chi connectivity index (χ2v) is 7.60. The van der Waals surface area contributed by atoms with Gasteiger partial charge in [-0.2, -0.15) is 5.10 Å². The second kappa shape index (κ2) is 9.52. The zero-order valence-electron chi connectivity index (χ0n) is 18.7. The number of para-hydroxylation sites is 1. The van der Waals surface area contributed by atoms with Gasteiger partial charge in [0, 0.05) is 30.0 Å². The summed E-state index contributed by atoms with van der Waals surface area (Å²) < 4.78 is 1.83. The van der Waals surface area contributed by atoms with Crippen LogP contribution in [0.15, 0.2) is 84.9 Å². The number of rotatable bonds is 7. The van der Waals surface area contributed by atoms with Crippen molar-refractivity contribution < 1.29 is 4.79 Å². The fourth-order valence-electron chi connectivity index (χ4n) is 3.93. The minimum atomic E-state index is -0.167. The monoisotopic (exact) mass is 424 g/mol. The van der Waals surface area contributed by atoms with Crippen LogP contribution in [-0.2, 0) is 0 Å². The molecule has 3 aromatic carbocycles. The third-order valence-corrected chi connectivity index (χ3v) is 5.65. The maximum Gasteiger partial charge on any atom is 0.259 e. The number of aromatic nitrogens is 2. The lowest BCUT2D eigenvalue weighted by molar-refractivity contribution is 0.102. The van der Waals surface area contributed by atoms with E-state index in [1.165, 1.54) is 0 Å². The topological polar surface area (TPSA) is 50.2 Å². The third kappa shape index (κ3) is 4.28. The zero-order chi connectivity index (χ0) is 22.5. The first-order chi connectivity index (χ1) is 15.6.